The van der Waals surface area contributed by atoms with Gasteiger partial charge in [0.15, 0.2) is 5.82 Å². The fourth-order valence-corrected chi connectivity index (χ4v) is 0.781. The summed E-state index contributed by atoms with van der Waals surface area (Å²) in [7, 11) is 1.51. The monoisotopic (exact) mass is 149 g/mol. The molecule has 0 unspecified atom stereocenters. The van der Waals surface area contributed by atoms with Crippen LogP contribution in [0, 0.1) is 0 Å². The maximum absolute atomic E-state index is 4.80. The van der Waals surface area contributed by atoms with E-state index >= 15 is 0 Å². The van der Waals surface area contributed by atoms with Crippen molar-refractivity contribution in [2.45, 2.75) is 0 Å². The van der Waals surface area contributed by atoms with E-state index in [0.29, 0.717) is 17.5 Å². The molecule has 0 bridgehead atoms. The lowest BCUT2D eigenvalue weighted by molar-refractivity contribution is 0.380. The van der Waals surface area contributed by atoms with E-state index in [1.54, 1.807) is 6.20 Å². The lowest BCUT2D eigenvalue weighted by atomic mass is 10.5. The van der Waals surface area contributed by atoms with Gasteiger partial charge in [0.2, 0.25) is 0 Å². The highest BCUT2D eigenvalue weighted by atomic mass is 16.5. The molecule has 0 saturated heterocycles. The zero-order chi connectivity index (χ0) is 7.68. The maximum Gasteiger partial charge on any atom is 0.318 e. The van der Waals surface area contributed by atoms with Crippen molar-refractivity contribution < 1.29 is 4.74 Å². The molecule has 1 radical (unpaired) electrons. The minimum Gasteiger partial charge on any atom is -0.467 e. The lowest BCUT2D eigenvalue weighted by Gasteiger charge is -1.97. The van der Waals surface area contributed by atoms with Crippen molar-refractivity contribution in [2.75, 3.05) is 7.11 Å². The summed E-state index contributed by atoms with van der Waals surface area (Å²) in [6, 6.07) is 0.318. The molecule has 2 heterocycles. The average molecular weight is 149 g/mol. The Labute approximate surface area is 63.2 Å². The summed E-state index contributed by atoms with van der Waals surface area (Å²) < 4.78 is 4.80. The molecule has 0 aliphatic carbocycles. The smallest absolute Gasteiger partial charge is 0.318 e. The molecule has 5 heteroatoms. The molecular formula is C6H5N4O. The van der Waals surface area contributed by atoms with Gasteiger partial charge in [-0.3, -0.25) is 0 Å². The van der Waals surface area contributed by atoms with E-state index in [1.165, 1.54) is 13.4 Å². The minimum atomic E-state index is 0.318. The third-order valence-corrected chi connectivity index (χ3v) is 1.29. The van der Waals surface area contributed by atoms with Crippen molar-refractivity contribution in [1.82, 2.24) is 15.3 Å². The van der Waals surface area contributed by atoms with Crippen LogP contribution in [0.4, 0.5) is 11.5 Å². The number of aromatic nitrogens is 2. The summed E-state index contributed by atoms with van der Waals surface area (Å²) in [4.78, 5) is 11.7. The van der Waals surface area contributed by atoms with Gasteiger partial charge in [-0.1, -0.05) is 0 Å². The first kappa shape index (κ1) is 6.09. The first-order valence-electron chi connectivity index (χ1n) is 3.04. The molecule has 0 saturated carbocycles. The fraction of sp³-hybridized carbons (Fsp3) is 0.167. The van der Waals surface area contributed by atoms with E-state index in [0.717, 1.165) is 0 Å². The van der Waals surface area contributed by atoms with E-state index < -0.39 is 0 Å². The number of rotatable bonds is 1. The van der Waals surface area contributed by atoms with Gasteiger partial charge < -0.3 is 4.74 Å². The largest absolute Gasteiger partial charge is 0.467 e. The van der Waals surface area contributed by atoms with Crippen molar-refractivity contribution >= 4 is 17.8 Å². The zero-order valence-electron chi connectivity index (χ0n) is 5.85. The van der Waals surface area contributed by atoms with Gasteiger partial charge in [0.25, 0.3) is 0 Å². The first-order chi connectivity index (χ1) is 5.40. The molecule has 5 nitrogen and oxygen atoms in total. The van der Waals surface area contributed by atoms with Crippen molar-refractivity contribution in [3.05, 3.63) is 6.20 Å². The molecule has 1 aliphatic heterocycles. The molecule has 0 spiro atoms. The van der Waals surface area contributed by atoms with Gasteiger partial charge in [-0.25, -0.2) is 15.3 Å². The van der Waals surface area contributed by atoms with Crippen LogP contribution in [0.25, 0.3) is 0 Å². The van der Waals surface area contributed by atoms with Gasteiger partial charge in [-0.05, 0) is 0 Å². The molecule has 1 aromatic heterocycles. The lowest BCUT2D eigenvalue weighted by Crippen LogP contribution is -1.94. The average Bonchev–Trinajstić information content (AvgIpc) is 2.50. The van der Waals surface area contributed by atoms with Gasteiger partial charge in [0.05, 0.1) is 13.3 Å². The van der Waals surface area contributed by atoms with Gasteiger partial charge >= 0.3 is 6.01 Å². The topological polar surface area (TPSA) is 61.5 Å². The number of aliphatic imine (C=N–C) groups is 1. The summed E-state index contributed by atoms with van der Waals surface area (Å²) in [6.45, 7) is 0. The van der Waals surface area contributed by atoms with Crippen molar-refractivity contribution in [3.8, 4) is 6.01 Å². The molecule has 55 valence electrons. The van der Waals surface area contributed by atoms with Crippen molar-refractivity contribution in [3.63, 3.8) is 0 Å². The Bertz CT molecular complexity index is 309. The molecule has 0 atom stereocenters. The first-order valence-corrected chi connectivity index (χ1v) is 3.04. The van der Waals surface area contributed by atoms with Crippen LogP contribution in [-0.4, -0.2) is 23.4 Å². The molecule has 0 N–H and O–H groups in total. The molecule has 11 heavy (non-hydrogen) atoms. The van der Waals surface area contributed by atoms with Crippen molar-refractivity contribution in [1.29, 1.82) is 0 Å². The molecule has 0 fully saturated rings. The highest BCUT2D eigenvalue weighted by Gasteiger charge is 2.10. The second-order valence-electron chi connectivity index (χ2n) is 1.94. The Morgan fingerprint density at radius 2 is 2.36 bits per heavy atom. The number of hydrogen-bond acceptors (Lipinski definition) is 4. The Balaban J connectivity index is 2.45. The summed E-state index contributed by atoms with van der Waals surface area (Å²) in [5, 5.41) is 3.89. The molecule has 2 rings (SSSR count). The van der Waals surface area contributed by atoms with Gasteiger partial charge in [-0.2, -0.15) is 4.98 Å². The van der Waals surface area contributed by atoms with E-state index in [1.807, 2.05) is 0 Å². The fourth-order valence-electron chi connectivity index (χ4n) is 0.781. The zero-order valence-corrected chi connectivity index (χ0v) is 5.85. The predicted molar refractivity (Wildman–Crippen MR) is 38.5 cm³/mol. The normalized spacial score (nSPS) is 12.5. The van der Waals surface area contributed by atoms with Crippen LogP contribution < -0.4 is 10.1 Å². The molecule has 0 amide bonds. The third kappa shape index (κ3) is 0.899. The van der Waals surface area contributed by atoms with E-state index in [4.69, 9.17) is 4.74 Å². The van der Waals surface area contributed by atoms with Crippen LogP contribution in [0.3, 0.4) is 0 Å². The number of ether oxygens (including phenoxy) is 1. The Morgan fingerprint density at radius 1 is 1.45 bits per heavy atom. The summed E-state index contributed by atoms with van der Waals surface area (Å²) >= 11 is 0. The van der Waals surface area contributed by atoms with E-state index in [9.17, 15) is 0 Å². The molecule has 1 aliphatic rings. The second-order valence-corrected chi connectivity index (χ2v) is 1.94. The highest BCUT2D eigenvalue weighted by molar-refractivity contribution is 5.78. The van der Waals surface area contributed by atoms with E-state index in [-0.39, 0.29) is 0 Å². The number of methoxy groups -OCH3 is 1. The van der Waals surface area contributed by atoms with Gasteiger partial charge in [0.1, 0.15) is 12.0 Å². The van der Waals surface area contributed by atoms with Gasteiger partial charge in [0, 0.05) is 0 Å². The molecular weight excluding hydrogens is 144 g/mol. The predicted octanol–water partition coefficient (Wildman–Crippen LogP) is 0.394. The number of hydrogen-bond donors (Lipinski definition) is 0. The quantitative estimate of drug-likeness (QED) is 0.580. The third-order valence-electron chi connectivity index (χ3n) is 1.29. The van der Waals surface area contributed by atoms with Gasteiger partial charge in [-0.15, -0.1) is 0 Å². The van der Waals surface area contributed by atoms with Crippen molar-refractivity contribution in [2.24, 2.45) is 4.99 Å². The summed E-state index contributed by atoms with van der Waals surface area (Å²) in [5.41, 5.74) is 0.686. The molecule has 1 aromatic rings. The molecule has 0 aromatic carbocycles. The minimum absolute atomic E-state index is 0.318. The van der Waals surface area contributed by atoms with E-state index in [2.05, 4.69) is 20.3 Å². The Hall–Kier alpha value is -1.65. The van der Waals surface area contributed by atoms with Crippen LogP contribution in [-0.2, 0) is 0 Å². The van der Waals surface area contributed by atoms with Crippen LogP contribution >= 0.6 is 0 Å². The summed E-state index contributed by atoms with van der Waals surface area (Å²) in [5.74, 6) is 0.567. The maximum atomic E-state index is 4.80. The standard InChI is InChI=1S/C6H5N4O/c1-11-6-7-2-4-5(10-6)9-3-8-4/h2-3H,1H3. The summed E-state index contributed by atoms with van der Waals surface area (Å²) in [6.07, 6.45) is 3.02. The SMILES string of the molecule is COc1ncc2c(n1)[N]C=N2. The van der Waals surface area contributed by atoms with Crippen LogP contribution in [0.15, 0.2) is 11.2 Å². The number of fused-ring (bicyclic) bond motifs is 1. The Morgan fingerprint density at radius 3 is 3.18 bits per heavy atom. The van der Waals surface area contributed by atoms with Crippen LogP contribution in [0.1, 0.15) is 0 Å². The van der Waals surface area contributed by atoms with Crippen LogP contribution in [0.5, 0.6) is 6.01 Å². The Kier molecular flexibility index (Phi) is 1.21. The highest BCUT2D eigenvalue weighted by Crippen LogP contribution is 2.25. The number of nitrogens with zero attached hydrogens (tertiary/aromatic N) is 4. The van der Waals surface area contributed by atoms with Crippen LogP contribution in [0.2, 0.25) is 0 Å². The second kappa shape index (κ2) is 2.19.